The molecule has 0 spiro atoms. The molecular weight excluding hydrogens is 198 g/mol. The van der Waals surface area contributed by atoms with E-state index in [4.69, 9.17) is 11.1 Å². The fourth-order valence-corrected chi connectivity index (χ4v) is 1.36. The predicted octanol–water partition coefficient (Wildman–Crippen LogP) is 2.05. The molecule has 3 heteroatoms. The highest BCUT2D eigenvalue weighted by atomic mass is 14.9. The van der Waals surface area contributed by atoms with Crippen molar-refractivity contribution in [2.24, 2.45) is 5.73 Å². The van der Waals surface area contributed by atoms with Crippen LogP contribution in [0.15, 0.2) is 24.3 Å². The minimum absolute atomic E-state index is 0.137. The molecule has 0 radical (unpaired) electrons. The first kappa shape index (κ1) is 12.7. The van der Waals surface area contributed by atoms with E-state index in [2.05, 4.69) is 38.2 Å². The van der Waals surface area contributed by atoms with Crippen LogP contribution in [0.4, 0.5) is 0 Å². The lowest BCUT2D eigenvalue weighted by Crippen LogP contribution is -2.35. The Kier molecular flexibility index (Phi) is 4.07. The van der Waals surface area contributed by atoms with Gasteiger partial charge in [0.2, 0.25) is 0 Å². The molecule has 0 saturated heterocycles. The standard InChI is InChI=1S/C13H21N3/c1-13(2,3)16-9-11-6-4-10(5-7-11)8-12(14)15/h4-7,16H,8-9H2,1-3H3,(H3,14,15). The zero-order valence-corrected chi connectivity index (χ0v) is 10.3. The van der Waals surface area contributed by atoms with Crippen molar-refractivity contribution in [2.45, 2.75) is 39.3 Å². The van der Waals surface area contributed by atoms with Gasteiger partial charge in [0.1, 0.15) is 0 Å². The zero-order chi connectivity index (χ0) is 12.2. The quantitative estimate of drug-likeness (QED) is 0.536. The van der Waals surface area contributed by atoms with E-state index in [0.717, 1.165) is 12.1 Å². The zero-order valence-electron chi connectivity index (χ0n) is 10.3. The van der Waals surface area contributed by atoms with Crippen molar-refractivity contribution in [1.29, 1.82) is 5.41 Å². The number of hydrogen-bond donors (Lipinski definition) is 3. The highest BCUT2D eigenvalue weighted by Gasteiger charge is 2.07. The Labute approximate surface area is 97.6 Å². The monoisotopic (exact) mass is 219 g/mol. The van der Waals surface area contributed by atoms with Gasteiger partial charge in [0.15, 0.2) is 0 Å². The van der Waals surface area contributed by atoms with Gasteiger partial charge in [-0.1, -0.05) is 24.3 Å². The topological polar surface area (TPSA) is 61.9 Å². The number of benzene rings is 1. The summed E-state index contributed by atoms with van der Waals surface area (Å²) in [7, 11) is 0. The summed E-state index contributed by atoms with van der Waals surface area (Å²) >= 11 is 0. The molecule has 1 aromatic carbocycles. The van der Waals surface area contributed by atoms with Gasteiger partial charge in [0, 0.05) is 18.5 Å². The maximum atomic E-state index is 7.21. The molecule has 0 aliphatic heterocycles. The van der Waals surface area contributed by atoms with Crippen molar-refractivity contribution < 1.29 is 0 Å². The Bertz CT molecular complexity index is 346. The number of nitrogens with one attached hydrogen (secondary N) is 2. The predicted molar refractivity (Wildman–Crippen MR) is 68.7 cm³/mol. The third-order valence-corrected chi connectivity index (χ3v) is 2.24. The van der Waals surface area contributed by atoms with E-state index >= 15 is 0 Å². The molecule has 0 heterocycles. The molecule has 1 aromatic rings. The Morgan fingerprint density at radius 2 is 1.69 bits per heavy atom. The highest BCUT2D eigenvalue weighted by Crippen LogP contribution is 2.07. The normalized spacial score (nSPS) is 11.4. The summed E-state index contributed by atoms with van der Waals surface area (Å²) in [6.45, 7) is 7.31. The van der Waals surface area contributed by atoms with Gasteiger partial charge in [0.05, 0.1) is 5.84 Å². The molecule has 3 nitrogen and oxygen atoms in total. The molecule has 0 aromatic heterocycles. The molecule has 0 atom stereocenters. The van der Waals surface area contributed by atoms with Gasteiger partial charge in [0.25, 0.3) is 0 Å². The largest absolute Gasteiger partial charge is 0.387 e. The highest BCUT2D eigenvalue weighted by molar-refractivity contribution is 5.79. The third-order valence-electron chi connectivity index (χ3n) is 2.24. The van der Waals surface area contributed by atoms with Crippen LogP contribution in [0.3, 0.4) is 0 Å². The smallest absolute Gasteiger partial charge is 0.0950 e. The van der Waals surface area contributed by atoms with Crippen LogP contribution in [-0.2, 0) is 13.0 Å². The van der Waals surface area contributed by atoms with Crippen LogP contribution in [0.5, 0.6) is 0 Å². The van der Waals surface area contributed by atoms with Crippen molar-refractivity contribution in [2.75, 3.05) is 0 Å². The second kappa shape index (κ2) is 5.12. The van der Waals surface area contributed by atoms with Gasteiger partial charge in [-0.05, 0) is 31.9 Å². The second-order valence-electron chi connectivity index (χ2n) is 5.12. The minimum Gasteiger partial charge on any atom is -0.387 e. The molecule has 0 aliphatic rings. The minimum atomic E-state index is 0.137. The average molecular weight is 219 g/mol. The van der Waals surface area contributed by atoms with E-state index in [1.54, 1.807) is 0 Å². The Morgan fingerprint density at radius 1 is 1.19 bits per heavy atom. The molecule has 0 fully saturated rings. The molecule has 4 N–H and O–H groups in total. The van der Waals surface area contributed by atoms with E-state index in [1.165, 1.54) is 5.56 Å². The first-order chi connectivity index (χ1) is 7.37. The van der Waals surface area contributed by atoms with Crippen LogP contribution in [0.2, 0.25) is 0 Å². The summed E-state index contributed by atoms with van der Waals surface area (Å²) in [5, 5.41) is 10.6. The first-order valence-electron chi connectivity index (χ1n) is 5.52. The van der Waals surface area contributed by atoms with Gasteiger partial charge >= 0.3 is 0 Å². The summed E-state index contributed by atoms with van der Waals surface area (Å²) in [5.41, 5.74) is 7.83. The Balaban J connectivity index is 2.55. The molecular formula is C13H21N3. The van der Waals surface area contributed by atoms with E-state index in [1.807, 2.05) is 12.1 Å². The van der Waals surface area contributed by atoms with Crippen LogP contribution in [0.1, 0.15) is 31.9 Å². The number of amidine groups is 1. The lowest BCUT2D eigenvalue weighted by molar-refractivity contribution is 0.424. The van der Waals surface area contributed by atoms with Crippen LogP contribution >= 0.6 is 0 Å². The van der Waals surface area contributed by atoms with Gasteiger partial charge in [-0.2, -0.15) is 0 Å². The van der Waals surface area contributed by atoms with Gasteiger partial charge in [-0.25, -0.2) is 0 Å². The van der Waals surface area contributed by atoms with Crippen molar-refractivity contribution >= 4 is 5.84 Å². The average Bonchev–Trinajstić information content (AvgIpc) is 2.14. The molecule has 0 bridgehead atoms. The summed E-state index contributed by atoms with van der Waals surface area (Å²) in [5.74, 6) is 0.209. The fourth-order valence-electron chi connectivity index (χ4n) is 1.36. The molecule has 0 aliphatic carbocycles. The van der Waals surface area contributed by atoms with E-state index in [0.29, 0.717) is 6.42 Å². The van der Waals surface area contributed by atoms with Crippen molar-refractivity contribution in [3.63, 3.8) is 0 Å². The SMILES string of the molecule is CC(C)(C)NCc1ccc(CC(=N)N)cc1. The maximum absolute atomic E-state index is 7.21. The van der Waals surface area contributed by atoms with Crippen molar-refractivity contribution in [1.82, 2.24) is 5.32 Å². The summed E-state index contributed by atoms with van der Waals surface area (Å²) in [4.78, 5) is 0. The summed E-state index contributed by atoms with van der Waals surface area (Å²) in [6.07, 6.45) is 0.535. The summed E-state index contributed by atoms with van der Waals surface area (Å²) in [6, 6.07) is 8.22. The van der Waals surface area contributed by atoms with Gasteiger partial charge < -0.3 is 11.1 Å². The molecule has 88 valence electrons. The van der Waals surface area contributed by atoms with Crippen molar-refractivity contribution in [3.8, 4) is 0 Å². The first-order valence-corrected chi connectivity index (χ1v) is 5.52. The Morgan fingerprint density at radius 3 is 2.12 bits per heavy atom. The van der Waals surface area contributed by atoms with Crippen molar-refractivity contribution in [3.05, 3.63) is 35.4 Å². The van der Waals surface area contributed by atoms with Gasteiger partial charge in [-0.3, -0.25) is 5.41 Å². The number of rotatable bonds is 4. The lowest BCUT2D eigenvalue weighted by Gasteiger charge is -2.20. The van der Waals surface area contributed by atoms with Crippen LogP contribution in [0, 0.1) is 5.41 Å². The molecule has 0 amide bonds. The fraction of sp³-hybridized carbons (Fsp3) is 0.462. The van der Waals surface area contributed by atoms with Crippen LogP contribution < -0.4 is 11.1 Å². The van der Waals surface area contributed by atoms with Gasteiger partial charge in [-0.15, -0.1) is 0 Å². The molecule has 16 heavy (non-hydrogen) atoms. The van der Waals surface area contributed by atoms with E-state index in [-0.39, 0.29) is 11.4 Å². The van der Waals surface area contributed by atoms with E-state index < -0.39 is 0 Å². The summed E-state index contributed by atoms with van der Waals surface area (Å²) < 4.78 is 0. The maximum Gasteiger partial charge on any atom is 0.0950 e. The van der Waals surface area contributed by atoms with Crippen LogP contribution in [-0.4, -0.2) is 11.4 Å². The Hall–Kier alpha value is -1.35. The van der Waals surface area contributed by atoms with Crippen LogP contribution in [0.25, 0.3) is 0 Å². The number of nitrogens with two attached hydrogens (primary N) is 1. The lowest BCUT2D eigenvalue weighted by atomic mass is 10.1. The number of hydrogen-bond acceptors (Lipinski definition) is 2. The second-order valence-corrected chi connectivity index (χ2v) is 5.12. The third kappa shape index (κ3) is 4.94. The molecule has 0 unspecified atom stereocenters. The molecule has 0 saturated carbocycles. The molecule has 1 rings (SSSR count). The van der Waals surface area contributed by atoms with E-state index in [9.17, 15) is 0 Å².